The molecule has 2 heterocycles. The van der Waals surface area contributed by atoms with Gasteiger partial charge in [0.05, 0.1) is 30.7 Å². The second-order valence-electron chi connectivity index (χ2n) is 9.18. The van der Waals surface area contributed by atoms with Crippen molar-refractivity contribution in [3.05, 3.63) is 113 Å². The number of hydrazone groups is 1. The molecule has 5 nitrogen and oxygen atoms in total. The third-order valence-electron chi connectivity index (χ3n) is 6.92. The minimum atomic E-state index is 0.0427. The highest BCUT2D eigenvalue weighted by Gasteiger charge is 2.30. The lowest BCUT2D eigenvalue weighted by Crippen LogP contribution is -2.40. The first-order chi connectivity index (χ1) is 17.7. The third-order valence-corrected chi connectivity index (χ3v) is 7.18. The molecule has 0 aliphatic carbocycles. The lowest BCUT2D eigenvalue weighted by molar-refractivity contribution is 0.0303. The maximum absolute atomic E-state index is 12.9. The van der Waals surface area contributed by atoms with Crippen LogP contribution in [0.25, 0.3) is 10.8 Å². The summed E-state index contributed by atoms with van der Waals surface area (Å²) in [5.41, 5.74) is 4.92. The number of amides is 1. The summed E-state index contributed by atoms with van der Waals surface area (Å²) in [6, 6.07) is 30.7. The summed E-state index contributed by atoms with van der Waals surface area (Å²) in [4.78, 5) is 14.8. The van der Waals surface area contributed by atoms with E-state index in [9.17, 15) is 4.79 Å². The fourth-order valence-corrected chi connectivity index (χ4v) is 5.07. The van der Waals surface area contributed by atoms with Gasteiger partial charge in [0.15, 0.2) is 0 Å². The van der Waals surface area contributed by atoms with Crippen LogP contribution in [0.4, 0.5) is 5.69 Å². The Morgan fingerprint density at radius 1 is 0.861 bits per heavy atom. The van der Waals surface area contributed by atoms with E-state index in [0.29, 0.717) is 36.9 Å². The highest BCUT2D eigenvalue weighted by Crippen LogP contribution is 2.38. The average Bonchev–Trinajstić information content (AvgIpc) is 3.39. The summed E-state index contributed by atoms with van der Waals surface area (Å²) in [7, 11) is 0. The van der Waals surface area contributed by atoms with E-state index in [1.807, 2.05) is 53.4 Å². The van der Waals surface area contributed by atoms with Gasteiger partial charge in [0.1, 0.15) is 0 Å². The zero-order chi connectivity index (χ0) is 24.5. The van der Waals surface area contributed by atoms with E-state index in [2.05, 4.69) is 47.5 Å². The van der Waals surface area contributed by atoms with Gasteiger partial charge in [0, 0.05) is 30.1 Å². The average molecular weight is 496 g/mol. The first-order valence-electron chi connectivity index (χ1n) is 12.2. The van der Waals surface area contributed by atoms with Crippen LogP contribution in [-0.4, -0.2) is 42.8 Å². The van der Waals surface area contributed by atoms with Gasteiger partial charge in [-0.25, -0.2) is 0 Å². The second-order valence-corrected chi connectivity index (χ2v) is 9.61. The van der Waals surface area contributed by atoms with Crippen molar-refractivity contribution in [2.45, 2.75) is 12.5 Å². The summed E-state index contributed by atoms with van der Waals surface area (Å²) in [5.74, 6) is 0.0442. The molecule has 1 atom stereocenters. The Morgan fingerprint density at radius 2 is 1.58 bits per heavy atom. The first kappa shape index (κ1) is 22.8. The van der Waals surface area contributed by atoms with E-state index in [0.717, 1.165) is 23.4 Å². The number of fused-ring (bicyclic) bond motifs is 1. The Balaban J connectivity index is 1.34. The largest absolute Gasteiger partial charge is 0.378 e. The lowest BCUT2D eigenvalue weighted by Gasteiger charge is -2.27. The van der Waals surface area contributed by atoms with Gasteiger partial charge in [-0.15, -0.1) is 0 Å². The number of benzene rings is 4. The maximum Gasteiger partial charge on any atom is 0.254 e. The van der Waals surface area contributed by atoms with Crippen LogP contribution >= 0.6 is 11.6 Å². The number of morpholine rings is 1. The second kappa shape index (κ2) is 9.76. The van der Waals surface area contributed by atoms with Crippen molar-refractivity contribution in [3.8, 4) is 0 Å². The highest BCUT2D eigenvalue weighted by molar-refractivity contribution is 6.30. The van der Waals surface area contributed by atoms with Crippen molar-refractivity contribution in [2.75, 3.05) is 31.3 Å². The van der Waals surface area contributed by atoms with Gasteiger partial charge in [0.25, 0.3) is 5.91 Å². The number of rotatable bonds is 4. The summed E-state index contributed by atoms with van der Waals surface area (Å²) in [5, 5.41) is 10.3. The molecule has 1 unspecified atom stereocenters. The van der Waals surface area contributed by atoms with Crippen molar-refractivity contribution >= 4 is 39.7 Å². The molecule has 180 valence electrons. The molecular formula is C30H26ClN3O2. The van der Waals surface area contributed by atoms with Crippen LogP contribution in [0.1, 0.15) is 33.9 Å². The predicted molar refractivity (Wildman–Crippen MR) is 145 cm³/mol. The maximum atomic E-state index is 12.9. The number of halogens is 1. The molecule has 0 spiro atoms. The van der Waals surface area contributed by atoms with Crippen LogP contribution in [0, 0.1) is 0 Å². The van der Waals surface area contributed by atoms with Crippen LogP contribution in [0.5, 0.6) is 0 Å². The van der Waals surface area contributed by atoms with Gasteiger partial charge in [-0.1, -0.05) is 60.1 Å². The fourth-order valence-electron chi connectivity index (χ4n) is 4.95. The summed E-state index contributed by atoms with van der Waals surface area (Å²) >= 11 is 6.13. The number of hydrogen-bond donors (Lipinski definition) is 0. The van der Waals surface area contributed by atoms with Crippen molar-refractivity contribution in [2.24, 2.45) is 5.10 Å². The number of ether oxygens (including phenoxy) is 1. The molecule has 36 heavy (non-hydrogen) atoms. The number of nitrogens with zero attached hydrogens (tertiary/aromatic N) is 3. The quantitative estimate of drug-likeness (QED) is 0.332. The van der Waals surface area contributed by atoms with Gasteiger partial charge >= 0.3 is 0 Å². The summed E-state index contributed by atoms with van der Waals surface area (Å²) in [6.07, 6.45) is 0.772. The molecule has 4 aromatic carbocycles. The molecule has 0 aromatic heterocycles. The van der Waals surface area contributed by atoms with Gasteiger partial charge in [-0.05, 0) is 64.4 Å². The normalized spacial score (nSPS) is 17.9. The highest BCUT2D eigenvalue weighted by atomic mass is 35.5. The summed E-state index contributed by atoms with van der Waals surface area (Å²) in [6.45, 7) is 2.44. The molecule has 4 aromatic rings. The van der Waals surface area contributed by atoms with Gasteiger partial charge in [-0.3, -0.25) is 9.80 Å². The minimum Gasteiger partial charge on any atom is -0.378 e. The molecule has 0 radical (unpaired) electrons. The molecule has 1 fully saturated rings. The molecule has 0 bridgehead atoms. The van der Waals surface area contributed by atoms with Crippen LogP contribution in [0.15, 0.2) is 96.1 Å². The van der Waals surface area contributed by atoms with Gasteiger partial charge in [-0.2, -0.15) is 5.10 Å². The SMILES string of the molecule is O=C(c1ccc(N2N=C(c3ccc(Cl)cc3)CC2c2ccc3ccccc3c2)cc1)N1CCOCC1. The lowest BCUT2D eigenvalue weighted by atomic mass is 9.96. The van der Waals surface area contributed by atoms with E-state index in [1.165, 1.54) is 16.3 Å². The van der Waals surface area contributed by atoms with E-state index in [-0.39, 0.29) is 11.9 Å². The van der Waals surface area contributed by atoms with Crippen LogP contribution in [0.3, 0.4) is 0 Å². The smallest absolute Gasteiger partial charge is 0.254 e. The summed E-state index contributed by atoms with van der Waals surface area (Å²) < 4.78 is 5.38. The predicted octanol–water partition coefficient (Wildman–Crippen LogP) is 6.32. The van der Waals surface area contributed by atoms with E-state index >= 15 is 0 Å². The zero-order valence-electron chi connectivity index (χ0n) is 19.8. The molecule has 2 aliphatic rings. The Labute approximate surface area is 215 Å². The first-order valence-corrected chi connectivity index (χ1v) is 12.6. The van der Waals surface area contributed by atoms with Crippen molar-refractivity contribution in [1.82, 2.24) is 4.90 Å². The van der Waals surface area contributed by atoms with Crippen LogP contribution < -0.4 is 5.01 Å². The van der Waals surface area contributed by atoms with Crippen molar-refractivity contribution in [3.63, 3.8) is 0 Å². The van der Waals surface area contributed by atoms with E-state index in [4.69, 9.17) is 21.4 Å². The van der Waals surface area contributed by atoms with Gasteiger partial charge in [0.2, 0.25) is 0 Å². The van der Waals surface area contributed by atoms with E-state index in [1.54, 1.807) is 0 Å². The van der Waals surface area contributed by atoms with Crippen LogP contribution in [-0.2, 0) is 4.74 Å². The Bertz CT molecular complexity index is 1430. The molecule has 1 amide bonds. The van der Waals surface area contributed by atoms with Crippen molar-refractivity contribution in [1.29, 1.82) is 0 Å². The standard InChI is InChI=1S/C30H26ClN3O2/c31-26-11-7-22(8-12-26)28-20-29(25-6-5-21-3-1-2-4-24(21)19-25)34(32-28)27-13-9-23(10-14-27)30(35)33-15-17-36-18-16-33/h1-14,19,29H,15-18,20H2. The molecule has 2 aliphatic heterocycles. The Morgan fingerprint density at radius 3 is 2.33 bits per heavy atom. The Hall–Kier alpha value is -3.67. The number of carbonyl (C=O) groups is 1. The minimum absolute atomic E-state index is 0.0427. The molecule has 0 N–H and O–H groups in total. The number of carbonyl (C=O) groups excluding carboxylic acids is 1. The number of anilines is 1. The fraction of sp³-hybridized carbons (Fsp3) is 0.200. The molecule has 0 saturated carbocycles. The monoisotopic (exact) mass is 495 g/mol. The zero-order valence-corrected chi connectivity index (χ0v) is 20.6. The molecular weight excluding hydrogens is 470 g/mol. The van der Waals surface area contributed by atoms with Crippen LogP contribution in [0.2, 0.25) is 5.02 Å². The molecule has 6 heteroatoms. The van der Waals surface area contributed by atoms with E-state index < -0.39 is 0 Å². The van der Waals surface area contributed by atoms with Gasteiger partial charge < -0.3 is 9.64 Å². The molecule has 6 rings (SSSR count). The third kappa shape index (κ3) is 4.48. The van der Waals surface area contributed by atoms with Crippen molar-refractivity contribution < 1.29 is 9.53 Å². The number of hydrogen-bond acceptors (Lipinski definition) is 4. The topological polar surface area (TPSA) is 45.1 Å². The molecule has 1 saturated heterocycles. The Kier molecular flexibility index (Phi) is 6.18.